The average molecular weight is 575 g/mol. The number of ether oxygens (including phenoxy) is 1. The number of hydrogen-bond donors (Lipinski definition) is 0. The van der Waals surface area contributed by atoms with Crippen molar-refractivity contribution >= 4 is 17.7 Å². The van der Waals surface area contributed by atoms with Crippen LogP contribution in [0, 0.1) is 5.92 Å². The standard InChI is InChI=1S/C30H42N10O2/c1-21(40-20-26(34-36-40)25-16-31-17-28(32-25)37-13-5-6-14-37)24-11-12-27(35-33-24)38-15-7-8-23(19-38)39(18-22-9-10-22)29(41)42-30(2,3)4/h11-12,16-17,20-23H,5-10,13-15,18-19H2,1-4H3/t21?,23-/m1/s1. The molecule has 12 heteroatoms. The summed E-state index contributed by atoms with van der Waals surface area (Å²) >= 11 is 0. The fourth-order valence-corrected chi connectivity index (χ4v) is 5.71. The van der Waals surface area contributed by atoms with Gasteiger partial charge in [-0.3, -0.25) is 4.98 Å². The minimum atomic E-state index is -0.513. The van der Waals surface area contributed by atoms with Crippen molar-refractivity contribution in [3.05, 3.63) is 36.4 Å². The Morgan fingerprint density at radius 1 is 0.976 bits per heavy atom. The summed E-state index contributed by atoms with van der Waals surface area (Å²) in [5.74, 6) is 2.29. The van der Waals surface area contributed by atoms with Crippen LogP contribution in [0.2, 0.25) is 0 Å². The highest BCUT2D eigenvalue weighted by Gasteiger charge is 2.36. The van der Waals surface area contributed by atoms with Gasteiger partial charge in [-0.15, -0.1) is 10.2 Å². The second-order valence-electron chi connectivity index (χ2n) is 12.9. The van der Waals surface area contributed by atoms with Crippen molar-refractivity contribution in [2.45, 2.75) is 83.9 Å². The summed E-state index contributed by atoms with van der Waals surface area (Å²) in [5, 5.41) is 17.9. The highest BCUT2D eigenvalue weighted by molar-refractivity contribution is 5.69. The van der Waals surface area contributed by atoms with Crippen molar-refractivity contribution in [3.63, 3.8) is 0 Å². The first kappa shape index (κ1) is 28.3. The number of piperidine rings is 1. The van der Waals surface area contributed by atoms with Crippen LogP contribution in [0.25, 0.3) is 11.4 Å². The molecular formula is C30H42N10O2. The lowest BCUT2D eigenvalue weighted by Gasteiger charge is -2.40. The monoisotopic (exact) mass is 574 g/mol. The number of carbonyl (C=O) groups excluding carboxylic acids is 1. The van der Waals surface area contributed by atoms with Crippen LogP contribution in [0.5, 0.6) is 0 Å². The molecule has 0 radical (unpaired) electrons. The number of rotatable bonds is 8. The van der Waals surface area contributed by atoms with Crippen LogP contribution in [-0.2, 0) is 4.74 Å². The molecule has 3 fully saturated rings. The first-order valence-electron chi connectivity index (χ1n) is 15.3. The molecular weight excluding hydrogens is 532 g/mol. The summed E-state index contributed by atoms with van der Waals surface area (Å²) in [6.45, 7) is 12.2. The van der Waals surface area contributed by atoms with Crippen LogP contribution in [0.4, 0.5) is 16.4 Å². The molecule has 2 saturated heterocycles. The molecule has 1 amide bonds. The summed E-state index contributed by atoms with van der Waals surface area (Å²) in [6, 6.07) is 3.96. The molecule has 3 aromatic rings. The SMILES string of the molecule is CC(c1ccc(N2CCC[C@@H](N(CC3CC3)C(=O)OC(C)(C)C)C2)nn1)n1cc(-c2cncc(N3CCCC3)n2)nn1. The third kappa shape index (κ3) is 6.63. The smallest absolute Gasteiger partial charge is 0.410 e. The van der Waals surface area contributed by atoms with E-state index in [1.807, 2.05) is 57.1 Å². The van der Waals surface area contributed by atoms with E-state index in [9.17, 15) is 4.79 Å². The number of hydrogen-bond acceptors (Lipinski definition) is 10. The molecule has 12 nitrogen and oxygen atoms in total. The molecule has 42 heavy (non-hydrogen) atoms. The average Bonchev–Trinajstić information content (AvgIpc) is 3.41. The van der Waals surface area contributed by atoms with Gasteiger partial charge in [0.05, 0.1) is 36.4 Å². The Balaban J connectivity index is 1.12. The minimum absolute atomic E-state index is 0.0928. The lowest BCUT2D eigenvalue weighted by atomic mass is 10.0. The Morgan fingerprint density at radius 3 is 2.48 bits per heavy atom. The van der Waals surface area contributed by atoms with Gasteiger partial charge in [-0.1, -0.05) is 5.21 Å². The van der Waals surface area contributed by atoms with E-state index in [1.165, 1.54) is 25.7 Å². The summed E-state index contributed by atoms with van der Waals surface area (Å²) in [5.41, 5.74) is 1.67. The lowest BCUT2D eigenvalue weighted by molar-refractivity contribution is 0.0134. The first-order valence-corrected chi connectivity index (χ1v) is 15.3. The van der Waals surface area contributed by atoms with Crippen molar-refractivity contribution in [1.29, 1.82) is 0 Å². The zero-order valence-electron chi connectivity index (χ0n) is 25.2. The second kappa shape index (κ2) is 11.8. The summed E-state index contributed by atoms with van der Waals surface area (Å²) in [6.07, 6.45) is 11.9. The van der Waals surface area contributed by atoms with Crippen molar-refractivity contribution in [2.24, 2.45) is 5.92 Å². The molecule has 1 unspecified atom stereocenters. The summed E-state index contributed by atoms with van der Waals surface area (Å²) < 4.78 is 7.57. The summed E-state index contributed by atoms with van der Waals surface area (Å²) in [4.78, 5) is 28.8. The highest BCUT2D eigenvalue weighted by atomic mass is 16.6. The minimum Gasteiger partial charge on any atom is -0.444 e. The Labute approximate surface area is 247 Å². The van der Waals surface area contributed by atoms with E-state index >= 15 is 0 Å². The fourth-order valence-electron chi connectivity index (χ4n) is 5.71. The third-order valence-electron chi connectivity index (χ3n) is 8.26. The molecule has 3 aliphatic rings. The van der Waals surface area contributed by atoms with E-state index in [1.54, 1.807) is 10.9 Å². The highest BCUT2D eigenvalue weighted by Crippen LogP contribution is 2.33. The van der Waals surface area contributed by atoms with Gasteiger partial charge < -0.3 is 19.4 Å². The van der Waals surface area contributed by atoms with Crippen LogP contribution in [0.1, 0.15) is 78.0 Å². The van der Waals surface area contributed by atoms with Gasteiger partial charge in [-0.05, 0) is 84.3 Å². The van der Waals surface area contributed by atoms with Crippen molar-refractivity contribution in [2.75, 3.05) is 42.5 Å². The van der Waals surface area contributed by atoms with Gasteiger partial charge >= 0.3 is 6.09 Å². The van der Waals surface area contributed by atoms with Gasteiger partial charge in [0.25, 0.3) is 0 Å². The fraction of sp³-hybridized carbons (Fsp3) is 0.633. The van der Waals surface area contributed by atoms with Gasteiger partial charge in [0.15, 0.2) is 5.82 Å². The molecule has 0 spiro atoms. The van der Waals surface area contributed by atoms with Gasteiger partial charge in [0.1, 0.15) is 22.8 Å². The lowest BCUT2D eigenvalue weighted by Crippen LogP contribution is -2.52. The maximum Gasteiger partial charge on any atom is 0.410 e. The van der Waals surface area contributed by atoms with Crippen LogP contribution in [0.15, 0.2) is 30.7 Å². The van der Waals surface area contributed by atoms with Gasteiger partial charge in [-0.25, -0.2) is 14.5 Å². The van der Waals surface area contributed by atoms with Crippen molar-refractivity contribution < 1.29 is 9.53 Å². The Bertz CT molecular complexity index is 1360. The van der Waals surface area contributed by atoms with Crippen LogP contribution < -0.4 is 9.80 Å². The van der Waals surface area contributed by atoms with Crippen molar-refractivity contribution in [1.82, 2.24) is 40.1 Å². The van der Waals surface area contributed by atoms with Gasteiger partial charge in [0, 0.05) is 32.7 Å². The van der Waals surface area contributed by atoms with E-state index in [0.29, 0.717) is 17.3 Å². The second-order valence-corrected chi connectivity index (χ2v) is 12.9. The molecule has 3 aromatic heterocycles. The number of anilines is 2. The van der Waals surface area contributed by atoms with Crippen LogP contribution >= 0.6 is 0 Å². The van der Waals surface area contributed by atoms with Crippen molar-refractivity contribution in [3.8, 4) is 11.4 Å². The van der Waals surface area contributed by atoms with E-state index in [0.717, 1.165) is 62.9 Å². The molecule has 0 aromatic carbocycles. The molecule has 2 atom stereocenters. The quantitative estimate of drug-likeness (QED) is 0.384. The zero-order chi connectivity index (χ0) is 29.3. The predicted octanol–water partition coefficient (Wildman–Crippen LogP) is 4.35. The predicted molar refractivity (Wildman–Crippen MR) is 159 cm³/mol. The Hall–Kier alpha value is -3.83. The van der Waals surface area contributed by atoms with E-state index in [4.69, 9.17) is 9.72 Å². The number of carbonyl (C=O) groups is 1. The van der Waals surface area contributed by atoms with Gasteiger partial charge in [-0.2, -0.15) is 5.10 Å². The molecule has 6 rings (SSSR count). The van der Waals surface area contributed by atoms with Gasteiger partial charge in [0.2, 0.25) is 0 Å². The maximum absolute atomic E-state index is 13.1. The molecule has 1 aliphatic carbocycles. The molecule has 0 bridgehead atoms. The first-order chi connectivity index (χ1) is 20.2. The molecule has 224 valence electrons. The Morgan fingerprint density at radius 2 is 1.76 bits per heavy atom. The largest absolute Gasteiger partial charge is 0.444 e. The molecule has 1 saturated carbocycles. The topological polar surface area (TPSA) is 118 Å². The number of amides is 1. The van der Waals surface area contributed by atoms with E-state index in [2.05, 4.69) is 35.3 Å². The maximum atomic E-state index is 13.1. The third-order valence-corrected chi connectivity index (χ3v) is 8.26. The van der Waals surface area contributed by atoms with Crippen LogP contribution in [-0.4, -0.2) is 90.5 Å². The zero-order valence-corrected chi connectivity index (χ0v) is 25.2. The van der Waals surface area contributed by atoms with E-state index < -0.39 is 5.60 Å². The van der Waals surface area contributed by atoms with Crippen LogP contribution in [0.3, 0.4) is 0 Å². The number of nitrogens with zero attached hydrogens (tertiary/aromatic N) is 10. The molecule has 5 heterocycles. The Kier molecular flexibility index (Phi) is 7.96. The molecule has 2 aliphatic heterocycles. The van der Waals surface area contributed by atoms with E-state index in [-0.39, 0.29) is 18.2 Å². The normalized spacial score (nSPS) is 20.0. The number of aromatic nitrogens is 7. The molecule has 0 N–H and O–H groups in total. The summed E-state index contributed by atoms with van der Waals surface area (Å²) in [7, 11) is 0.